The summed E-state index contributed by atoms with van der Waals surface area (Å²) in [6.07, 6.45) is 1.21. The van der Waals surface area contributed by atoms with Gasteiger partial charge < -0.3 is 10.1 Å². The van der Waals surface area contributed by atoms with E-state index in [4.69, 9.17) is 16.3 Å². The zero-order valence-corrected chi connectivity index (χ0v) is 13.5. The Balaban J connectivity index is 2.14. The Kier molecular flexibility index (Phi) is 5.46. The van der Waals surface area contributed by atoms with Crippen LogP contribution in [-0.4, -0.2) is 29.0 Å². The molecule has 116 valence electrons. The maximum absolute atomic E-state index is 12.3. The molecule has 0 radical (unpaired) electrons. The van der Waals surface area contributed by atoms with Gasteiger partial charge in [0.05, 0.1) is 6.04 Å². The van der Waals surface area contributed by atoms with Crippen LogP contribution in [0, 0.1) is 6.92 Å². The van der Waals surface area contributed by atoms with Crippen LogP contribution >= 0.6 is 11.6 Å². The molecule has 2 atom stereocenters. The van der Waals surface area contributed by atoms with Gasteiger partial charge in [0.15, 0.2) is 0 Å². The molecule has 0 aliphatic carbocycles. The Morgan fingerprint density at radius 1 is 1.32 bits per heavy atom. The molecule has 0 fully saturated rings. The van der Waals surface area contributed by atoms with E-state index in [0.29, 0.717) is 16.5 Å². The quantitative estimate of drug-likeness (QED) is 0.920. The predicted octanol–water partition coefficient (Wildman–Crippen LogP) is 2.94. The van der Waals surface area contributed by atoms with Gasteiger partial charge in [0.2, 0.25) is 0 Å². The van der Waals surface area contributed by atoms with Crippen LogP contribution in [0.3, 0.4) is 0 Å². The Hall–Kier alpha value is -1.98. The average Bonchev–Trinajstić information content (AvgIpc) is 2.50. The summed E-state index contributed by atoms with van der Waals surface area (Å²) >= 11 is 6.20. The number of hydrogen-bond donors (Lipinski definition) is 1. The van der Waals surface area contributed by atoms with Gasteiger partial charge in [-0.1, -0.05) is 29.8 Å². The highest BCUT2D eigenvalue weighted by Gasteiger charge is 2.23. The molecule has 0 bridgehead atoms. The molecule has 0 saturated carbocycles. The third-order valence-corrected chi connectivity index (χ3v) is 3.63. The van der Waals surface area contributed by atoms with E-state index in [1.807, 2.05) is 25.1 Å². The van der Waals surface area contributed by atoms with E-state index in [-0.39, 0.29) is 18.1 Å². The van der Waals surface area contributed by atoms with Gasteiger partial charge in [0.1, 0.15) is 17.6 Å². The van der Waals surface area contributed by atoms with Crippen LogP contribution in [0.2, 0.25) is 5.02 Å². The molecule has 2 rings (SSSR count). The van der Waals surface area contributed by atoms with E-state index in [9.17, 15) is 4.79 Å². The molecule has 22 heavy (non-hydrogen) atoms. The number of rotatable bonds is 5. The fourth-order valence-electron chi connectivity index (χ4n) is 2.25. The summed E-state index contributed by atoms with van der Waals surface area (Å²) in [5, 5.41) is 3.49. The lowest BCUT2D eigenvalue weighted by atomic mass is 10.0. The van der Waals surface area contributed by atoms with Crippen molar-refractivity contribution in [1.82, 2.24) is 15.3 Å². The molecular formula is C16H18ClN3O2. The van der Waals surface area contributed by atoms with E-state index in [1.165, 1.54) is 0 Å². The third kappa shape index (κ3) is 3.81. The van der Waals surface area contributed by atoms with E-state index in [2.05, 4.69) is 15.3 Å². The minimum atomic E-state index is -0.347. The lowest BCUT2D eigenvalue weighted by molar-refractivity contribution is 0.0643. The zero-order valence-electron chi connectivity index (χ0n) is 12.7. The molecule has 2 aromatic rings. The average molecular weight is 320 g/mol. The number of carbonyl (C=O) groups is 1. The smallest absolute Gasteiger partial charge is 0.270 e. The molecule has 1 aromatic heterocycles. The third-order valence-electron chi connectivity index (χ3n) is 3.29. The lowest BCUT2D eigenvalue weighted by Gasteiger charge is -2.24. The molecule has 0 aliphatic heterocycles. The fraction of sp³-hybridized carbons (Fsp3) is 0.312. The summed E-state index contributed by atoms with van der Waals surface area (Å²) in [5.74, 6) is 0.279. The summed E-state index contributed by atoms with van der Waals surface area (Å²) in [6, 6.07) is 8.72. The molecular weight excluding hydrogens is 302 g/mol. The molecule has 0 aliphatic rings. The van der Waals surface area contributed by atoms with Crippen molar-refractivity contribution in [3.05, 3.63) is 58.6 Å². The van der Waals surface area contributed by atoms with Crippen molar-refractivity contribution >= 4 is 17.5 Å². The van der Waals surface area contributed by atoms with Crippen molar-refractivity contribution in [2.45, 2.75) is 26.0 Å². The normalized spacial score (nSPS) is 13.5. The molecule has 0 spiro atoms. The van der Waals surface area contributed by atoms with Crippen LogP contribution in [0.25, 0.3) is 0 Å². The number of ether oxygens (including phenoxy) is 1. The maximum Gasteiger partial charge on any atom is 0.270 e. The number of nitrogens with zero attached hydrogens (tertiary/aromatic N) is 2. The molecule has 1 aromatic carbocycles. The van der Waals surface area contributed by atoms with Crippen molar-refractivity contribution in [3.8, 4) is 0 Å². The molecule has 6 heteroatoms. The molecule has 1 amide bonds. The highest BCUT2D eigenvalue weighted by molar-refractivity contribution is 6.31. The Labute approximate surface area is 134 Å². The zero-order chi connectivity index (χ0) is 16.1. The number of nitrogens with one attached hydrogen (secondary N) is 1. The first-order chi connectivity index (χ1) is 10.5. The number of amides is 1. The monoisotopic (exact) mass is 319 g/mol. The fourth-order valence-corrected chi connectivity index (χ4v) is 2.49. The highest BCUT2D eigenvalue weighted by Crippen LogP contribution is 2.27. The van der Waals surface area contributed by atoms with E-state index >= 15 is 0 Å². The lowest BCUT2D eigenvalue weighted by Crippen LogP contribution is -2.38. The summed E-state index contributed by atoms with van der Waals surface area (Å²) in [5.41, 5.74) is 1.16. The van der Waals surface area contributed by atoms with E-state index in [1.54, 1.807) is 32.4 Å². The van der Waals surface area contributed by atoms with Gasteiger partial charge in [-0.15, -0.1) is 0 Å². The number of aryl methyl sites for hydroxylation is 1. The van der Waals surface area contributed by atoms with E-state index in [0.717, 1.165) is 5.56 Å². The SMILES string of the molecule is CO[C@@H](c1ccccc1Cl)[C@@H](C)NC(=O)c1ccnc(C)n1. The molecule has 1 N–H and O–H groups in total. The molecule has 5 nitrogen and oxygen atoms in total. The van der Waals surface area contributed by atoms with Gasteiger partial charge in [-0.25, -0.2) is 9.97 Å². The Morgan fingerprint density at radius 3 is 2.68 bits per heavy atom. The van der Waals surface area contributed by atoms with Gasteiger partial charge in [-0.3, -0.25) is 4.79 Å². The van der Waals surface area contributed by atoms with Crippen LogP contribution in [0.4, 0.5) is 0 Å². The van der Waals surface area contributed by atoms with Gasteiger partial charge in [-0.05, 0) is 26.0 Å². The first-order valence-electron chi connectivity index (χ1n) is 6.90. The van der Waals surface area contributed by atoms with Crippen LogP contribution < -0.4 is 5.32 Å². The standard InChI is InChI=1S/C16H18ClN3O2/c1-10(15(22-3)12-6-4-5-7-13(12)17)19-16(21)14-8-9-18-11(2)20-14/h4-10,15H,1-3H3,(H,19,21)/t10-,15-/m1/s1. The number of halogens is 1. The van der Waals surface area contributed by atoms with Crippen molar-refractivity contribution in [3.63, 3.8) is 0 Å². The largest absolute Gasteiger partial charge is 0.375 e. The van der Waals surface area contributed by atoms with Gasteiger partial charge in [-0.2, -0.15) is 0 Å². The minimum Gasteiger partial charge on any atom is -0.375 e. The second-order valence-electron chi connectivity index (χ2n) is 4.93. The van der Waals surface area contributed by atoms with Crippen molar-refractivity contribution < 1.29 is 9.53 Å². The number of benzene rings is 1. The van der Waals surface area contributed by atoms with Gasteiger partial charge in [0.25, 0.3) is 5.91 Å². The number of aromatic nitrogens is 2. The summed E-state index contributed by atoms with van der Waals surface area (Å²) < 4.78 is 5.51. The first kappa shape index (κ1) is 16.4. The van der Waals surface area contributed by atoms with Gasteiger partial charge >= 0.3 is 0 Å². The topological polar surface area (TPSA) is 64.1 Å². The van der Waals surface area contributed by atoms with E-state index < -0.39 is 0 Å². The second-order valence-corrected chi connectivity index (χ2v) is 5.34. The van der Waals surface area contributed by atoms with Crippen molar-refractivity contribution in [2.24, 2.45) is 0 Å². The number of carbonyl (C=O) groups excluding carboxylic acids is 1. The van der Waals surface area contributed by atoms with Crippen LogP contribution in [-0.2, 0) is 4.74 Å². The maximum atomic E-state index is 12.3. The Bertz CT molecular complexity index is 663. The van der Waals surface area contributed by atoms with Crippen molar-refractivity contribution in [1.29, 1.82) is 0 Å². The van der Waals surface area contributed by atoms with Crippen LogP contribution in [0.15, 0.2) is 36.5 Å². The first-order valence-corrected chi connectivity index (χ1v) is 7.28. The molecule has 1 heterocycles. The molecule has 0 saturated heterocycles. The predicted molar refractivity (Wildman–Crippen MR) is 84.9 cm³/mol. The highest BCUT2D eigenvalue weighted by atomic mass is 35.5. The summed E-state index contributed by atoms with van der Waals surface area (Å²) in [7, 11) is 1.59. The summed E-state index contributed by atoms with van der Waals surface area (Å²) in [6.45, 7) is 3.60. The van der Waals surface area contributed by atoms with Gasteiger partial charge in [0, 0.05) is 23.9 Å². The number of hydrogen-bond acceptors (Lipinski definition) is 4. The molecule has 0 unspecified atom stereocenters. The van der Waals surface area contributed by atoms with Crippen molar-refractivity contribution in [2.75, 3.05) is 7.11 Å². The van der Waals surface area contributed by atoms with Crippen LogP contribution in [0.1, 0.15) is 34.9 Å². The summed E-state index contributed by atoms with van der Waals surface area (Å²) in [4.78, 5) is 20.3. The Morgan fingerprint density at radius 2 is 2.05 bits per heavy atom. The minimum absolute atomic E-state index is 0.271. The van der Waals surface area contributed by atoms with Crippen LogP contribution in [0.5, 0.6) is 0 Å². The second kappa shape index (κ2) is 7.33. The number of methoxy groups -OCH3 is 1.